The third-order valence-electron chi connectivity index (χ3n) is 13.0. The molecule has 0 bridgehead atoms. The van der Waals surface area contributed by atoms with Crippen molar-refractivity contribution >= 4 is 39.4 Å². The molecular formula is C44H52F36N4O19P2W2-2. The molecule has 0 aromatic heterocycles. The fourth-order valence-electron chi connectivity index (χ4n) is 6.28. The number of aliphatic carboxylic acids is 2. The van der Waals surface area contributed by atoms with E-state index in [1.54, 1.807) is 0 Å². The number of alkyl halides is 36. The molecule has 0 aromatic carbocycles. The smallest absolute Gasteiger partial charge is 0.430 e. The first-order chi connectivity index (χ1) is 45.8. The normalized spacial score (nSPS) is 19.4. The maximum Gasteiger partial charge on any atom is 0.430 e. The molecule has 2 amide bonds. The first kappa shape index (κ1) is 110. The number of hydrogen-bond donors (Lipinski definition) is 2. The van der Waals surface area contributed by atoms with Gasteiger partial charge in [0.1, 0.15) is 26.2 Å². The van der Waals surface area contributed by atoms with E-state index >= 15 is 0 Å². The van der Waals surface area contributed by atoms with Gasteiger partial charge in [0.05, 0.1) is 72.2 Å². The Balaban J connectivity index is -0.00000100. The van der Waals surface area contributed by atoms with Crippen LogP contribution in [-0.2, 0) is 112 Å². The fourth-order valence-corrected chi connectivity index (χ4v) is 7.66. The van der Waals surface area contributed by atoms with Crippen LogP contribution in [0.4, 0.5) is 158 Å². The van der Waals surface area contributed by atoms with Crippen LogP contribution in [0.5, 0.6) is 0 Å². The zero-order valence-corrected chi connectivity index (χ0v) is 60.8. The Morgan fingerprint density at radius 2 is 0.645 bits per heavy atom. The molecule has 0 saturated carbocycles. The molecule has 2 N–H and O–H groups in total. The van der Waals surface area contributed by atoms with Crippen LogP contribution in [0.15, 0.2) is 0 Å². The van der Waals surface area contributed by atoms with Gasteiger partial charge in [-0.3, -0.25) is 28.2 Å². The zero-order valence-electron chi connectivity index (χ0n) is 53.2. The van der Waals surface area contributed by atoms with Crippen LogP contribution in [0.25, 0.3) is 0 Å². The van der Waals surface area contributed by atoms with E-state index in [2.05, 4.69) is 37.0 Å². The number of rotatable bonds is 41. The summed E-state index contributed by atoms with van der Waals surface area (Å²) in [6.07, 6.45) is -93.7. The average Bonchev–Trinajstić information content (AvgIpc) is 0.785. The summed E-state index contributed by atoms with van der Waals surface area (Å²) in [5.41, 5.74) is -23.0. The Bertz CT molecular complexity index is 2840. The number of nitrogens with zero attached hydrogens (tertiary/aromatic N) is 2. The molecule has 638 valence electrons. The van der Waals surface area contributed by atoms with Gasteiger partial charge < -0.3 is 81.5 Å². The van der Waals surface area contributed by atoms with Crippen LogP contribution in [0.1, 0.15) is 34.1 Å². The second-order valence-electron chi connectivity index (χ2n) is 22.0. The number of phosphoric acid groups is 2. The predicted molar refractivity (Wildman–Crippen MR) is 253 cm³/mol. The van der Waals surface area contributed by atoms with Crippen molar-refractivity contribution in [3.05, 3.63) is 0 Å². The number of nitrogens with one attached hydrogen (secondary N) is 2. The SMILES string of the molecule is CC(F)(C(F)(F)F)C(F)(F)OC(C(=O)NCCC[N+](C)(CCOCC[N+](C)(CNC(=O)C(OC(F)(F)C(C)(F)C(F)(F)F)C(F)(F)F)CC(=O)[O-])CC(=O)[O-])C(F)(F)F.CC(F)(C(F)(F)F)C(F)(F)OC(COP(=O)([O-])OCCOP(=O)([O-])OCC(OC(F)(F)C(C)(F)C(F)(F)F)C(F)(F)F)C(F)(F)F.[W].[W]. The van der Waals surface area contributed by atoms with E-state index in [0.717, 1.165) is 14.1 Å². The van der Waals surface area contributed by atoms with Crippen molar-refractivity contribution in [2.24, 2.45) is 0 Å². The minimum absolute atomic E-state index is 0. The molecule has 0 heterocycles. The van der Waals surface area contributed by atoms with Crippen LogP contribution in [-0.4, -0.2) is 253 Å². The van der Waals surface area contributed by atoms with Crippen molar-refractivity contribution in [2.45, 2.75) is 155 Å². The standard InChI is InChI=1S/C28H36F18N4O9.C16H18F18O10P2.2W/c1-21(29,25(37,38)39)27(43,44)58-17(23(31,32)33)19(55)47-6-5-7-49(3,12-15(51)52)8-10-57-11-9-50(4,13-16(53)54)14-48-20(56)18(24(34,35)36)59-28(45,46)22(2,30)26(40,41)42;1-9(17,13(25,26)27)15(31,32)43-7(11(19,20)21)5-41-45(35,36)39-3-4-40-46(37,38)42-6-8(12(22,23)24)44-16(33,34)10(2,18)14(28,29)30;;/h17-18H,5-14H2,1-4H3,(H2-2,47,48,51,52,53,54,55,56);7-8H,3-6H2,1-2H3,(H,35,36)(H,37,38);;/p-2. The number of hydrogen-bond acceptors (Lipinski definition) is 19. The minimum atomic E-state index is -6.52. The molecule has 12 atom stereocenters. The van der Waals surface area contributed by atoms with E-state index in [1.807, 2.05) is 0 Å². The summed E-state index contributed by atoms with van der Waals surface area (Å²) in [5.74, 6) is -8.81. The van der Waals surface area contributed by atoms with Crippen molar-refractivity contribution < 1.29 is 299 Å². The molecule has 0 rings (SSSR count). The number of carboxylic acid groups (broad SMARTS) is 2. The summed E-state index contributed by atoms with van der Waals surface area (Å²) >= 11 is 0. The van der Waals surface area contributed by atoms with Gasteiger partial charge in [-0.1, -0.05) is 0 Å². The Morgan fingerprint density at radius 1 is 0.383 bits per heavy atom. The molecule has 0 aliphatic carbocycles. The van der Waals surface area contributed by atoms with Gasteiger partial charge in [-0.05, 0) is 27.7 Å². The monoisotopic (exact) mass is 2050 g/mol. The van der Waals surface area contributed by atoms with Gasteiger partial charge in [-0.25, -0.2) is 17.6 Å². The van der Waals surface area contributed by atoms with Gasteiger partial charge in [0, 0.05) is 55.1 Å². The Hall–Kier alpha value is -3.32. The first-order valence-electron chi connectivity index (χ1n) is 26.7. The molecule has 63 heteroatoms. The summed E-state index contributed by atoms with van der Waals surface area (Å²) < 4.78 is 524. The predicted octanol–water partition coefficient (Wildman–Crippen LogP) is 7.28. The topological polar surface area (TPSA) is 302 Å². The molecule has 12 unspecified atom stereocenters. The minimum Gasteiger partial charge on any atom is -0.756 e. The van der Waals surface area contributed by atoms with E-state index in [1.165, 1.54) is 10.6 Å². The fraction of sp³-hybridized carbons (Fsp3) is 0.909. The number of likely N-dealkylation sites (N-methyl/N-ethyl adjacent to an activating group) is 2. The largest absolute Gasteiger partial charge is 0.756 e. The van der Waals surface area contributed by atoms with Gasteiger partial charge in [0.15, 0.2) is 18.9 Å². The second-order valence-corrected chi connectivity index (χ2v) is 24.8. The zero-order chi connectivity index (χ0) is 84.3. The Kier molecular flexibility index (Phi) is 39.8. The van der Waals surface area contributed by atoms with Crippen LogP contribution in [0, 0.1) is 0 Å². The summed E-state index contributed by atoms with van der Waals surface area (Å²) in [4.78, 5) is 69.7. The third kappa shape index (κ3) is 33.7. The summed E-state index contributed by atoms with van der Waals surface area (Å²) in [6.45, 7) is -19.2. The first-order valence-corrected chi connectivity index (χ1v) is 29.7. The molecular weight excluding hydrogens is 2000 g/mol. The number of amides is 2. The number of carbonyl (C=O) groups excluding carboxylic acids is 4. The van der Waals surface area contributed by atoms with Gasteiger partial charge in [0.2, 0.25) is 12.2 Å². The molecule has 0 aromatic rings. The van der Waals surface area contributed by atoms with Crippen LogP contribution >= 0.6 is 15.6 Å². The second kappa shape index (κ2) is 38.7. The van der Waals surface area contributed by atoms with Crippen LogP contribution in [0.3, 0.4) is 0 Å². The van der Waals surface area contributed by atoms with E-state index in [-0.39, 0.29) is 48.7 Å². The van der Waals surface area contributed by atoms with E-state index in [0.29, 0.717) is 0 Å². The number of phosphoric ester groups is 2. The van der Waals surface area contributed by atoms with Crippen LogP contribution in [0.2, 0.25) is 0 Å². The van der Waals surface area contributed by atoms with Crippen LogP contribution < -0.4 is 30.6 Å². The molecule has 0 saturated heterocycles. The Labute approximate surface area is 602 Å². The molecule has 0 fully saturated rings. The van der Waals surface area contributed by atoms with Crippen molar-refractivity contribution in [2.75, 3.05) is 99.7 Å². The number of ether oxygens (including phenoxy) is 5. The van der Waals surface area contributed by atoms with Crippen molar-refractivity contribution in [1.82, 2.24) is 10.6 Å². The maximum atomic E-state index is 13.9. The third-order valence-corrected chi connectivity index (χ3v) is 14.9. The summed E-state index contributed by atoms with van der Waals surface area (Å²) in [5, 5.41) is 25.4. The van der Waals surface area contributed by atoms with Crippen molar-refractivity contribution in [3.63, 3.8) is 0 Å². The number of halogens is 36. The molecule has 0 aliphatic rings. The summed E-state index contributed by atoms with van der Waals surface area (Å²) in [6, 6.07) is 0. The Morgan fingerprint density at radius 3 is 0.907 bits per heavy atom. The van der Waals surface area contributed by atoms with E-state index in [9.17, 15) is 206 Å². The summed E-state index contributed by atoms with van der Waals surface area (Å²) in [7, 11) is -10.4. The maximum absolute atomic E-state index is 13.9. The number of carbonyl (C=O) groups is 4. The quantitative estimate of drug-likeness (QED) is 0.0200. The molecule has 0 aliphatic heterocycles. The van der Waals surface area contributed by atoms with Gasteiger partial charge in [0.25, 0.3) is 50.1 Å². The van der Waals surface area contributed by atoms with Gasteiger partial charge in [-0.15, -0.1) is 0 Å². The van der Waals surface area contributed by atoms with E-state index in [4.69, 9.17) is 4.74 Å². The molecule has 107 heavy (non-hydrogen) atoms. The van der Waals surface area contributed by atoms with Crippen molar-refractivity contribution in [3.8, 4) is 0 Å². The molecule has 23 nitrogen and oxygen atoms in total. The van der Waals surface area contributed by atoms with Gasteiger partial charge in [-0.2, -0.15) is 140 Å². The number of quaternary nitrogens is 2. The van der Waals surface area contributed by atoms with E-state index < -0.39 is 282 Å². The van der Waals surface area contributed by atoms with Crippen molar-refractivity contribution in [1.29, 1.82) is 0 Å². The van der Waals surface area contributed by atoms with Gasteiger partial charge >= 0.3 is 73.8 Å². The number of carboxylic acids is 2. The molecule has 0 spiro atoms. The average molecular weight is 2050 g/mol. The molecule has 0 radical (unpaired) electrons.